The number of fused-ring (bicyclic) bond motifs is 1. The summed E-state index contributed by atoms with van der Waals surface area (Å²) in [5, 5.41) is 0. The number of aryl methyl sites for hydroxylation is 2. The van der Waals surface area contributed by atoms with Crippen LogP contribution in [0.3, 0.4) is 0 Å². The second-order valence-corrected chi connectivity index (χ2v) is 4.38. The molecule has 0 saturated heterocycles. The minimum Gasteiger partial charge on any atom is -0.342 e. The lowest BCUT2D eigenvalue weighted by molar-refractivity contribution is 0.692. The van der Waals surface area contributed by atoms with Crippen molar-refractivity contribution in [2.75, 3.05) is 0 Å². The molecule has 0 amide bonds. The summed E-state index contributed by atoms with van der Waals surface area (Å²) in [5.74, 6) is 1.62. The number of aromatic nitrogens is 2. The Bertz CT molecular complexity index is 443. The van der Waals surface area contributed by atoms with Crippen LogP contribution < -0.4 is 0 Å². The Morgan fingerprint density at radius 1 is 1.27 bits per heavy atom. The van der Waals surface area contributed by atoms with Crippen LogP contribution in [0.2, 0.25) is 0 Å². The van der Waals surface area contributed by atoms with Crippen molar-refractivity contribution in [1.82, 2.24) is 9.97 Å². The average molecular weight is 202 g/mol. The van der Waals surface area contributed by atoms with E-state index in [0.29, 0.717) is 5.92 Å². The molecule has 0 aliphatic heterocycles. The molecular weight excluding hydrogens is 184 g/mol. The van der Waals surface area contributed by atoms with Crippen molar-refractivity contribution in [3.63, 3.8) is 0 Å². The van der Waals surface area contributed by atoms with E-state index in [9.17, 15) is 0 Å². The van der Waals surface area contributed by atoms with E-state index in [1.807, 2.05) is 0 Å². The molecule has 1 aromatic heterocycles. The number of nitrogens with zero attached hydrogens (tertiary/aromatic N) is 1. The number of aromatic amines is 1. The van der Waals surface area contributed by atoms with Gasteiger partial charge >= 0.3 is 0 Å². The summed E-state index contributed by atoms with van der Waals surface area (Å²) < 4.78 is 0. The number of nitrogens with one attached hydrogen (secondary N) is 1. The van der Waals surface area contributed by atoms with Gasteiger partial charge in [-0.05, 0) is 43.5 Å². The zero-order chi connectivity index (χ0) is 11.0. The van der Waals surface area contributed by atoms with Crippen LogP contribution in [0, 0.1) is 13.8 Å². The first-order valence-electron chi connectivity index (χ1n) is 5.58. The summed E-state index contributed by atoms with van der Waals surface area (Å²) in [4.78, 5) is 8.03. The Balaban J connectivity index is 2.56. The van der Waals surface area contributed by atoms with Crippen molar-refractivity contribution in [3.05, 3.63) is 29.1 Å². The first-order chi connectivity index (χ1) is 7.11. The fraction of sp³-hybridized carbons (Fsp3) is 0.462. The average Bonchev–Trinajstić information content (AvgIpc) is 2.60. The highest BCUT2D eigenvalue weighted by atomic mass is 14.9. The lowest BCUT2D eigenvalue weighted by atomic mass is 10.1. The minimum atomic E-state index is 0.512. The molecule has 0 unspecified atom stereocenters. The maximum absolute atomic E-state index is 4.63. The molecule has 1 aromatic carbocycles. The van der Waals surface area contributed by atoms with E-state index in [2.05, 4.69) is 49.8 Å². The van der Waals surface area contributed by atoms with Crippen molar-refractivity contribution in [1.29, 1.82) is 0 Å². The molecule has 0 saturated carbocycles. The molecule has 1 N–H and O–H groups in total. The van der Waals surface area contributed by atoms with E-state index >= 15 is 0 Å². The van der Waals surface area contributed by atoms with Crippen LogP contribution in [0.1, 0.15) is 43.1 Å². The first kappa shape index (κ1) is 10.2. The van der Waals surface area contributed by atoms with Crippen molar-refractivity contribution < 1.29 is 0 Å². The first-order valence-corrected chi connectivity index (χ1v) is 5.58. The van der Waals surface area contributed by atoms with Crippen LogP contribution >= 0.6 is 0 Å². The molecule has 1 heterocycles. The van der Waals surface area contributed by atoms with Crippen LogP contribution in [0.5, 0.6) is 0 Å². The van der Waals surface area contributed by atoms with Gasteiger partial charge in [0.15, 0.2) is 0 Å². The van der Waals surface area contributed by atoms with E-state index in [-0.39, 0.29) is 0 Å². The Morgan fingerprint density at radius 3 is 2.60 bits per heavy atom. The summed E-state index contributed by atoms with van der Waals surface area (Å²) in [6, 6.07) is 4.34. The van der Waals surface area contributed by atoms with E-state index < -0.39 is 0 Å². The summed E-state index contributed by atoms with van der Waals surface area (Å²) >= 11 is 0. The van der Waals surface area contributed by atoms with Gasteiger partial charge in [0.25, 0.3) is 0 Å². The molecule has 0 spiro atoms. The van der Waals surface area contributed by atoms with E-state index in [0.717, 1.165) is 23.3 Å². The molecule has 0 aliphatic rings. The predicted octanol–water partition coefficient (Wildman–Crippen LogP) is 3.69. The standard InChI is InChI=1S/C13H18N2/c1-5-8(2)13-14-11-6-9(3)10(4)7-12(11)15-13/h6-8H,5H2,1-4H3,(H,14,15)/t8-/m0/s1. The zero-order valence-electron chi connectivity index (χ0n) is 9.89. The molecule has 15 heavy (non-hydrogen) atoms. The van der Waals surface area contributed by atoms with Crippen LogP contribution in [0.25, 0.3) is 11.0 Å². The third kappa shape index (κ3) is 1.76. The molecule has 2 aromatic rings. The number of benzene rings is 1. The molecule has 1 atom stereocenters. The largest absolute Gasteiger partial charge is 0.342 e. The SMILES string of the molecule is CC[C@H](C)c1nc2cc(C)c(C)cc2[nH]1. The Labute approximate surface area is 90.7 Å². The molecule has 0 radical (unpaired) electrons. The van der Waals surface area contributed by atoms with Gasteiger partial charge in [0.1, 0.15) is 5.82 Å². The number of imidazole rings is 1. The van der Waals surface area contributed by atoms with Gasteiger partial charge in [-0.25, -0.2) is 4.98 Å². The minimum absolute atomic E-state index is 0.512. The summed E-state index contributed by atoms with van der Waals surface area (Å²) in [7, 11) is 0. The highest BCUT2D eigenvalue weighted by molar-refractivity contribution is 5.77. The predicted molar refractivity (Wildman–Crippen MR) is 64.3 cm³/mol. The third-order valence-corrected chi connectivity index (χ3v) is 3.19. The molecule has 2 heteroatoms. The summed E-state index contributed by atoms with van der Waals surface area (Å²) in [5.41, 5.74) is 4.88. The quantitative estimate of drug-likeness (QED) is 0.790. The van der Waals surface area contributed by atoms with Gasteiger partial charge in [-0.2, -0.15) is 0 Å². The second kappa shape index (κ2) is 3.69. The van der Waals surface area contributed by atoms with Crippen molar-refractivity contribution >= 4 is 11.0 Å². The molecule has 0 fully saturated rings. The van der Waals surface area contributed by atoms with Gasteiger partial charge in [0.2, 0.25) is 0 Å². The molecule has 80 valence electrons. The molecule has 2 rings (SSSR count). The smallest absolute Gasteiger partial charge is 0.110 e. The van der Waals surface area contributed by atoms with Gasteiger partial charge < -0.3 is 4.98 Å². The second-order valence-electron chi connectivity index (χ2n) is 4.38. The van der Waals surface area contributed by atoms with Gasteiger partial charge in [-0.1, -0.05) is 13.8 Å². The zero-order valence-corrected chi connectivity index (χ0v) is 9.89. The van der Waals surface area contributed by atoms with E-state index in [1.54, 1.807) is 0 Å². The normalized spacial score (nSPS) is 13.3. The maximum Gasteiger partial charge on any atom is 0.110 e. The van der Waals surface area contributed by atoms with E-state index in [1.165, 1.54) is 11.1 Å². The number of hydrogen-bond donors (Lipinski definition) is 1. The Kier molecular flexibility index (Phi) is 2.51. The van der Waals surface area contributed by atoms with E-state index in [4.69, 9.17) is 0 Å². The number of H-pyrrole nitrogens is 1. The van der Waals surface area contributed by atoms with Crippen LogP contribution in [-0.4, -0.2) is 9.97 Å². The third-order valence-electron chi connectivity index (χ3n) is 3.19. The van der Waals surface area contributed by atoms with Gasteiger partial charge in [0, 0.05) is 5.92 Å². The van der Waals surface area contributed by atoms with Gasteiger partial charge in [-0.3, -0.25) is 0 Å². The highest BCUT2D eigenvalue weighted by Gasteiger charge is 2.09. The van der Waals surface area contributed by atoms with Gasteiger partial charge in [-0.15, -0.1) is 0 Å². The van der Waals surface area contributed by atoms with Crippen LogP contribution in [0.15, 0.2) is 12.1 Å². The van der Waals surface area contributed by atoms with Gasteiger partial charge in [0.05, 0.1) is 11.0 Å². The summed E-state index contributed by atoms with van der Waals surface area (Å²) in [6.07, 6.45) is 1.12. The topological polar surface area (TPSA) is 28.7 Å². The molecule has 2 nitrogen and oxygen atoms in total. The van der Waals surface area contributed by atoms with Crippen molar-refractivity contribution in [2.45, 2.75) is 40.0 Å². The van der Waals surface area contributed by atoms with Crippen LogP contribution in [-0.2, 0) is 0 Å². The van der Waals surface area contributed by atoms with Crippen molar-refractivity contribution in [3.8, 4) is 0 Å². The molecule has 0 bridgehead atoms. The van der Waals surface area contributed by atoms with Crippen molar-refractivity contribution in [2.24, 2.45) is 0 Å². The highest BCUT2D eigenvalue weighted by Crippen LogP contribution is 2.22. The lowest BCUT2D eigenvalue weighted by Gasteiger charge is -2.01. The maximum atomic E-state index is 4.63. The monoisotopic (exact) mass is 202 g/mol. The fourth-order valence-corrected chi connectivity index (χ4v) is 1.72. The Hall–Kier alpha value is -1.31. The summed E-state index contributed by atoms with van der Waals surface area (Å²) in [6.45, 7) is 8.66. The molecular formula is C13H18N2. The molecule has 0 aliphatic carbocycles. The number of hydrogen-bond acceptors (Lipinski definition) is 1. The fourth-order valence-electron chi connectivity index (χ4n) is 1.72. The lowest BCUT2D eigenvalue weighted by Crippen LogP contribution is -1.92. The Morgan fingerprint density at radius 2 is 1.93 bits per heavy atom. The van der Waals surface area contributed by atoms with Crippen LogP contribution in [0.4, 0.5) is 0 Å². The number of rotatable bonds is 2.